The number of pyridine rings is 1. The van der Waals surface area contributed by atoms with Gasteiger partial charge in [-0.15, -0.1) is 11.8 Å². The Balaban J connectivity index is 1.66. The monoisotopic (exact) mass is 448 g/mol. The summed E-state index contributed by atoms with van der Waals surface area (Å²) in [6.07, 6.45) is 13.6. The molecule has 6 nitrogen and oxygen atoms in total. The molecule has 0 unspecified atom stereocenters. The van der Waals surface area contributed by atoms with Crippen molar-refractivity contribution in [3.05, 3.63) is 63.8 Å². The number of anilines is 1. The Kier molecular flexibility index (Phi) is 5.78. The maximum atomic E-state index is 13.6. The van der Waals surface area contributed by atoms with Crippen LogP contribution in [-0.4, -0.2) is 45.6 Å². The molecule has 2 atom stereocenters. The van der Waals surface area contributed by atoms with Crippen molar-refractivity contribution in [1.29, 1.82) is 0 Å². The Labute approximate surface area is 192 Å². The average molecular weight is 449 g/mol. The number of benzene rings is 1. The van der Waals surface area contributed by atoms with Gasteiger partial charge in [0.2, 0.25) is 0 Å². The van der Waals surface area contributed by atoms with Gasteiger partial charge in [-0.05, 0) is 48.8 Å². The summed E-state index contributed by atoms with van der Waals surface area (Å²) in [6.45, 7) is 0.779. The molecule has 1 aliphatic carbocycles. The number of nitrogens with zero attached hydrogens (tertiary/aromatic N) is 4. The number of aromatic nitrogens is 3. The highest BCUT2D eigenvalue weighted by Crippen LogP contribution is 2.36. The molecule has 0 radical (unpaired) electrons. The highest BCUT2D eigenvalue weighted by molar-refractivity contribution is 7.98. The lowest BCUT2D eigenvalue weighted by atomic mass is 9.92. The molecule has 7 heteroatoms. The van der Waals surface area contributed by atoms with Crippen molar-refractivity contribution in [2.75, 3.05) is 24.7 Å². The van der Waals surface area contributed by atoms with Crippen LogP contribution in [0.25, 0.3) is 17.0 Å². The first kappa shape index (κ1) is 21.2. The summed E-state index contributed by atoms with van der Waals surface area (Å²) >= 11 is 1.62. The lowest BCUT2D eigenvalue weighted by molar-refractivity contribution is 0.0735. The van der Waals surface area contributed by atoms with E-state index in [1.54, 1.807) is 22.7 Å². The smallest absolute Gasteiger partial charge is 0.261 e. The van der Waals surface area contributed by atoms with Gasteiger partial charge in [0.1, 0.15) is 5.52 Å². The number of aliphatic hydroxyl groups is 1. The molecule has 2 aromatic heterocycles. The fourth-order valence-corrected chi connectivity index (χ4v) is 5.34. The highest BCUT2D eigenvalue weighted by atomic mass is 32.2. The van der Waals surface area contributed by atoms with Crippen LogP contribution in [0, 0.1) is 0 Å². The van der Waals surface area contributed by atoms with Gasteiger partial charge in [0, 0.05) is 25.4 Å². The Morgan fingerprint density at radius 2 is 2.06 bits per heavy atom. The lowest BCUT2D eigenvalue weighted by Crippen LogP contribution is -2.35. The van der Waals surface area contributed by atoms with Gasteiger partial charge in [-0.2, -0.15) is 0 Å². The molecule has 166 valence electrons. The number of fused-ring (bicyclic) bond motifs is 3. The van der Waals surface area contributed by atoms with E-state index in [4.69, 9.17) is 4.98 Å². The van der Waals surface area contributed by atoms with Crippen molar-refractivity contribution in [3.63, 3.8) is 0 Å². The van der Waals surface area contributed by atoms with Crippen LogP contribution in [0.4, 0.5) is 5.69 Å². The SMILES string of the molecule is CSc1ccc(Cc2cc3c(=O)n([C@H]4CCCC[C@@H]4O)cnc3c3c2C=CCN3C)cn1. The number of thioether (sulfide) groups is 1. The predicted molar refractivity (Wildman–Crippen MR) is 131 cm³/mol. The van der Waals surface area contributed by atoms with Crippen LogP contribution in [0.5, 0.6) is 0 Å². The summed E-state index contributed by atoms with van der Waals surface area (Å²) in [5, 5.41) is 12.1. The summed E-state index contributed by atoms with van der Waals surface area (Å²) in [5.74, 6) is 0. The van der Waals surface area contributed by atoms with Gasteiger partial charge in [-0.3, -0.25) is 9.36 Å². The van der Waals surface area contributed by atoms with E-state index in [9.17, 15) is 9.90 Å². The van der Waals surface area contributed by atoms with E-state index in [0.29, 0.717) is 11.8 Å². The Bertz CT molecular complexity index is 1240. The maximum Gasteiger partial charge on any atom is 0.261 e. The average Bonchev–Trinajstić information content (AvgIpc) is 2.81. The summed E-state index contributed by atoms with van der Waals surface area (Å²) in [6, 6.07) is 5.94. The van der Waals surface area contributed by atoms with Gasteiger partial charge >= 0.3 is 0 Å². The Morgan fingerprint density at radius 3 is 2.81 bits per heavy atom. The molecule has 2 aliphatic rings. The Hall–Kier alpha value is -2.64. The molecular formula is C25H28N4O2S. The first-order valence-electron chi connectivity index (χ1n) is 11.2. The minimum absolute atomic E-state index is 0.0659. The fraction of sp³-hybridized carbons (Fsp3) is 0.400. The van der Waals surface area contributed by atoms with Crippen molar-refractivity contribution < 1.29 is 5.11 Å². The number of likely N-dealkylation sites (N-methyl/N-ethyl adjacent to an activating group) is 1. The molecule has 0 saturated heterocycles. The number of rotatable bonds is 4. The van der Waals surface area contributed by atoms with Crippen LogP contribution in [0.1, 0.15) is 48.4 Å². The van der Waals surface area contributed by atoms with Crippen LogP contribution < -0.4 is 10.5 Å². The van der Waals surface area contributed by atoms with Crippen molar-refractivity contribution in [1.82, 2.24) is 14.5 Å². The van der Waals surface area contributed by atoms with Crippen LogP contribution in [0.15, 0.2) is 46.6 Å². The second kappa shape index (κ2) is 8.71. The topological polar surface area (TPSA) is 71.2 Å². The van der Waals surface area contributed by atoms with Crippen LogP contribution in [0.3, 0.4) is 0 Å². The molecule has 1 saturated carbocycles. The second-order valence-corrected chi connectivity index (χ2v) is 9.57. The molecule has 32 heavy (non-hydrogen) atoms. The van der Waals surface area contributed by atoms with E-state index in [-0.39, 0.29) is 11.6 Å². The standard InChI is InChI=1S/C25H28N4O2S/c1-28-11-5-6-18-17(12-16-9-10-22(32-2)26-14-16)13-19-23(24(18)28)27-15-29(25(19)31)20-7-3-4-8-21(20)30/h5-6,9-10,13-15,20-21,30H,3-4,7-8,11-12H2,1-2H3/t20-,21-/m0/s1. The zero-order valence-electron chi connectivity index (χ0n) is 18.5. The van der Waals surface area contributed by atoms with Gasteiger partial charge in [-0.25, -0.2) is 9.97 Å². The first-order valence-corrected chi connectivity index (χ1v) is 12.4. The van der Waals surface area contributed by atoms with E-state index in [1.807, 2.05) is 31.6 Å². The molecule has 5 rings (SSSR count). The summed E-state index contributed by atoms with van der Waals surface area (Å²) in [7, 11) is 2.04. The molecule has 1 aromatic carbocycles. The molecule has 3 heterocycles. The molecule has 1 N–H and O–H groups in total. The largest absolute Gasteiger partial charge is 0.391 e. The number of aliphatic hydroxyl groups excluding tert-OH is 1. The van der Waals surface area contributed by atoms with Gasteiger partial charge < -0.3 is 10.0 Å². The zero-order chi connectivity index (χ0) is 22.2. The third-order valence-corrected chi connectivity index (χ3v) is 7.33. The van der Waals surface area contributed by atoms with Crippen LogP contribution in [0.2, 0.25) is 0 Å². The first-order chi connectivity index (χ1) is 15.6. The van der Waals surface area contributed by atoms with Gasteiger partial charge in [0.15, 0.2) is 0 Å². The molecule has 0 bridgehead atoms. The van der Waals surface area contributed by atoms with Crippen molar-refractivity contribution in [3.8, 4) is 0 Å². The number of hydrogen-bond acceptors (Lipinski definition) is 6. The quantitative estimate of drug-likeness (QED) is 0.608. The van der Waals surface area contributed by atoms with E-state index in [2.05, 4.69) is 28.1 Å². The van der Waals surface area contributed by atoms with Gasteiger partial charge in [0.25, 0.3) is 5.56 Å². The third kappa shape index (κ3) is 3.73. The predicted octanol–water partition coefficient (Wildman–Crippen LogP) is 4.04. The van der Waals surface area contributed by atoms with Crippen molar-refractivity contribution in [2.24, 2.45) is 0 Å². The lowest BCUT2D eigenvalue weighted by Gasteiger charge is -2.30. The molecular weight excluding hydrogens is 420 g/mol. The molecule has 0 amide bonds. The fourth-order valence-electron chi connectivity index (χ4n) is 4.98. The molecule has 3 aromatic rings. The van der Waals surface area contributed by atoms with E-state index in [0.717, 1.165) is 65.1 Å². The number of hydrogen-bond donors (Lipinski definition) is 1. The van der Waals surface area contributed by atoms with Crippen molar-refractivity contribution in [2.45, 2.75) is 49.3 Å². The summed E-state index contributed by atoms with van der Waals surface area (Å²) < 4.78 is 1.66. The minimum Gasteiger partial charge on any atom is -0.391 e. The zero-order valence-corrected chi connectivity index (χ0v) is 19.3. The Morgan fingerprint density at radius 1 is 1.22 bits per heavy atom. The van der Waals surface area contributed by atoms with Crippen LogP contribution in [-0.2, 0) is 6.42 Å². The molecule has 0 spiro atoms. The highest BCUT2D eigenvalue weighted by Gasteiger charge is 2.27. The van der Waals surface area contributed by atoms with Crippen molar-refractivity contribution >= 4 is 34.4 Å². The second-order valence-electron chi connectivity index (χ2n) is 8.74. The normalized spacial score (nSPS) is 20.5. The van der Waals surface area contributed by atoms with Gasteiger partial charge in [-0.1, -0.05) is 31.1 Å². The molecule has 1 fully saturated rings. The van der Waals surface area contributed by atoms with E-state index < -0.39 is 6.10 Å². The van der Waals surface area contributed by atoms with Gasteiger partial charge in [0.05, 0.1) is 34.6 Å². The van der Waals surface area contributed by atoms with Crippen LogP contribution >= 0.6 is 11.8 Å². The van der Waals surface area contributed by atoms with E-state index >= 15 is 0 Å². The summed E-state index contributed by atoms with van der Waals surface area (Å²) in [4.78, 5) is 25.0. The minimum atomic E-state index is -0.496. The van der Waals surface area contributed by atoms with E-state index in [1.165, 1.54) is 0 Å². The maximum absolute atomic E-state index is 13.6. The summed E-state index contributed by atoms with van der Waals surface area (Å²) in [5.41, 5.74) is 4.99. The third-order valence-electron chi connectivity index (χ3n) is 6.67. The molecule has 1 aliphatic heterocycles.